The molecule has 4 nitrogen and oxygen atoms in total. The first-order valence-corrected chi connectivity index (χ1v) is 13.4. The van der Waals surface area contributed by atoms with Crippen molar-refractivity contribution in [3.63, 3.8) is 0 Å². The second kappa shape index (κ2) is 9.65. The molecule has 0 aliphatic carbocycles. The fraction of sp³-hybridized carbons (Fsp3) is 0.0556. The van der Waals surface area contributed by atoms with Gasteiger partial charge in [0, 0.05) is 21.5 Å². The first-order chi connectivity index (χ1) is 20.8. The Kier molecular flexibility index (Phi) is 5.86. The van der Waals surface area contributed by atoms with Gasteiger partial charge in [0.2, 0.25) is 0 Å². The van der Waals surface area contributed by atoms with E-state index in [4.69, 9.17) is 13.1 Å². The van der Waals surface area contributed by atoms with Gasteiger partial charge in [-0.25, -0.2) is 0 Å². The SMILES string of the molecule is [C-]#[N+]/N=c1/c2cc(-c3cccc(C(F)(F)F)c3)ccc2c2cc3c(cc12)/c(=N/[N+]#[C-])c1cc(-c2cccc(C)c2)ccc13. The van der Waals surface area contributed by atoms with Crippen LogP contribution in [0.3, 0.4) is 0 Å². The normalized spacial score (nSPS) is 12.9. The maximum absolute atomic E-state index is 13.4. The van der Waals surface area contributed by atoms with Gasteiger partial charge in [-0.15, -0.1) is 9.91 Å². The summed E-state index contributed by atoms with van der Waals surface area (Å²) in [6.45, 7) is 17.1. The van der Waals surface area contributed by atoms with E-state index in [1.807, 2.05) is 43.3 Å². The van der Waals surface area contributed by atoms with Gasteiger partial charge in [0.15, 0.2) is 10.7 Å². The molecule has 0 bridgehead atoms. The monoisotopic (exact) mass is 564 g/mol. The zero-order valence-corrected chi connectivity index (χ0v) is 22.7. The molecule has 0 saturated heterocycles. The summed E-state index contributed by atoms with van der Waals surface area (Å²) in [4.78, 5) is 6.68. The second-order valence-electron chi connectivity index (χ2n) is 10.5. The summed E-state index contributed by atoms with van der Waals surface area (Å²) in [5.41, 5.74) is 3.52. The molecule has 0 heterocycles. The van der Waals surface area contributed by atoms with Crippen LogP contribution in [0.25, 0.3) is 75.3 Å². The summed E-state index contributed by atoms with van der Waals surface area (Å²) in [6.07, 6.45) is -4.46. The molecule has 0 spiro atoms. The Hall–Kier alpha value is -5.79. The predicted octanol–water partition coefficient (Wildman–Crippen LogP) is 9.31. The van der Waals surface area contributed by atoms with Crippen molar-refractivity contribution >= 4 is 43.1 Å². The third-order valence-corrected chi connectivity index (χ3v) is 7.97. The summed E-state index contributed by atoms with van der Waals surface area (Å²) >= 11 is 0. The molecule has 0 unspecified atom stereocenters. The van der Waals surface area contributed by atoms with Gasteiger partial charge >= 0.3 is 6.18 Å². The molecule has 7 aromatic carbocycles. The fourth-order valence-corrected chi connectivity index (χ4v) is 6.05. The molecule has 0 saturated carbocycles. The molecule has 204 valence electrons. The number of hydrogen-bond donors (Lipinski definition) is 0. The lowest BCUT2D eigenvalue weighted by atomic mass is 10.00. The van der Waals surface area contributed by atoms with E-state index in [0.29, 0.717) is 27.2 Å². The number of benzene rings is 5. The van der Waals surface area contributed by atoms with Crippen LogP contribution >= 0.6 is 0 Å². The lowest BCUT2D eigenvalue weighted by Gasteiger charge is -2.09. The Morgan fingerprint density at radius 2 is 0.977 bits per heavy atom. The second-order valence-corrected chi connectivity index (χ2v) is 10.5. The molecular formula is C36H19F3N4. The summed E-state index contributed by atoms with van der Waals surface area (Å²) in [5.74, 6) is 0. The van der Waals surface area contributed by atoms with Crippen LogP contribution < -0.4 is 10.7 Å². The van der Waals surface area contributed by atoms with E-state index in [2.05, 4.69) is 44.4 Å². The predicted molar refractivity (Wildman–Crippen MR) is 164 cm³/mol. The average molecular weight is 565 g/mol. The molecular weight excluding hydrogens is 545 g/mol. The van der Waals surface area contributed by atoms with Gasteiger partial charge in [0.25, 0.3) is 0 Å². The minimum atomic E-state index is -4.46. The molecule has 7 heteroatoms. The standard InChI is InChI=1S/C36H19F3N4/c1-20-6-4-7-21(14-20)23-10-12-26-28-18-29-27-13-11-24(22-8-5-9-25(15-22)36(37,38)39)17-31(27)35(43-41-3)33(29)19-32(28)34(42-40-2)30(26)16-23/h4-19H,1H3/b42-34+,43-35-. The Morgan fingerprint density at radius 1 is 0.512 bits per heavy atom. The third-order valence-electron chi connectivity index (χ3n) is 7.97. The van der Waals surface area contributed by atoms with Crippen LogP contribution in [0.15, 0.2) is 107 Å². The van der Waals surface area contributed by atoms with E-state index in [0.717, 1.165) is 66.5 Å². The zero-order chi connectivity index (χ0) is 29.9. The highest BCUT2D eigenvalue weighted by molar-refractivity contribution is 6.21. The van der Waals surface area contributed by atoms with E-state index in [1.165, 1.54) is 6.07 Å². The smallest absolute Gasteiger partial charge is 0.181 e. The first kappa shape index (κ1) is 26.1. The van der Waals surface area contributed by atoms with Crippen LogP contribution in [-0.2, 0) is 6.18 Å². The molecule has 0 fully saturated rings. The lowest BCUT2D eigenvalue weighted by Crippen LogP contribution is -2.04. The molecule has 0 radical (unpaired) electrons. The highest BCUT2D eigenvalue weighted by Crippen LogP contribution is 2.37. The number of nitrogens with zero attached hydrogens (tertiary/aromatic N) is 4. The molecule has 0 aromatic heterocycles. The summed E-state index contributed by atoms with van der Waals surface area (Å²) in [6, 6.07) is 29.0. The van der Waals surface area contributed by atoms with E-state index in [-0.39, 0.29) is 0 Å². The van der Waals surface area contributed by atoms with Crippen LogP contribution in [0, 0.1) is 20.1 Å². The zero-order valence-electron chi connectivity index (χ0n) is 22.7. The Balaban J connectivity index is 1.51. The molecule has 0 N–H and O–H groups in total. The van der Waals surface area contributed by atoms with E-state index < -0.39 is 11.7 Å². The van der Waals surface area contributed by atoms with Crippen LogP contribution in [0.1, 0.15) is 11.1 Å². The van der Waals surface area contributed by atoms with E-state index in [1.54, 1.807) is 18.2 Å². The van der Waals surface area contributed by atoms with Gasteiger partial charge in [-0.3, -0.25) is 0 Å². The van der Waals surface area contributed by atoms with Gasteiger partial charge in [-0.2, -0.15) is 26.3 Å². The largest absolute Gasteiger partial charge is 0.416 e. The lowest BCUT2D eigenvalue weighted by molar-refractivity contribution is -0.137. The van der Waals surface area contributed by atoms with Crippen molar-refractivity contribution < 1.29 is 13.2 Å². The molecule has 0 amide bonds. The van der Waals surface area contributed by atoms with Crippen LogP contribution in [0.5, 0.6) is 0 Å². The topological polar surface area (TPSA) is 33.4 Å². The Bertz CT molecular complexity index is 2480. The minimum absolute atomic E-state index is 0.419. The quantitative estimate of drug-likeness (QED) is 0.148. The number of alkyl halides is 3. The van der Waals surface area contributed by atoms with Gasteiger partial charge in [0.05, 0.1) is 15.8 Å². The minimum Gasteiger partial charge on any atom is -0.181 e. The highest BCUT2D eigenvalue weighted by atomic mass is 19.4. The van der Waals surface area contributed by atoms with Crippen molar-refractivity contribution in [1.82, 2.24) is 0 Å². The maximum Gasteiger partial charge on any atom is 0.416 e. The van der Waals surface area contributed by atoms with Crippen molar-refractivity contribution in [2.24, 2.45) is 10.2 Å². The highest BCUT2D eigenvalue weighted by Gasteiger charge is 2.30. The first-order valence-electron chi connectivity index (χ1n) is 13.4. The number of fused-ring (bicyclic) bond motifs is 6. The summed E-state index contributed by atoms with van der Waals surface area (Å²) in [5, 5.41) is 15.9. The van der Waals surface area contributed by atoms with E-state index in [9.17, 15) is 13.2 Å². The molecule has 0 aliphatic heterocycles. The number of aryl methyl sites for hydroxylation is 1. The van der Waals surface area contributed by atoms with Crippen molar-refractivity contribution in [2.75, 3.05) is 0 Å². The van der Waals surface area contributed by atoms with Crippen LogP contribution in [0.2, 0.25) is 0 Å². The average Bonchev–Trinajstić information content (AvgIpc) is 3.47. The van der Waals surface area contributed by atoms with Crippen LogP contribution in [0.4, 0.5) is 13.2 Å². The van der Waals surface area contributed by atoms with Crippen molar-refractivity contribution in [2.45, 2.75) is 13.1 Å². The molecule has 7 aromatic rings. The van der Waals surface area contributed by atoms with Crippen molar-refractivity contribution in [3.8, 4) is 22.3 Å². The molecule has 7 rings (SSSR count). The fourth-order valence-electron chi connectivity index (χ4n) is 6.05. The number of hydrogen-bond acceptors (Lipinski definition) is 2. The van der Waals surface area contributed by atoms with Gasteiger partial charge in [-0.1, -0.05) is 66.2 Å². The Labute approximate surface area is 243 Å². The summed E-state index contributed by atoms with van der Waals surface area (Å²) < 4.78 is 40.2. The van der Waals surface area contributed by atoms with Crippen LogP contribution in [-0.4, -0.2) is 0 Å². The maximum atomic E-state index is 13.4. The molecule has 0 aliphatic rings. The van der Waals surface area contributed by atoms with Crippen molar-refractivity contribution in [3.05, 3.63) is 142 Å². The Morgan fingerprint density at radius 3 is 1.49 bits per heavy atom. The molecule has 0 atom stereocenters. The van der Waals surface area contributed by atoms with E-state index >= 15 is 0 Å². The van der Waals surface area contributed by atoms with Gasteiger partial charge < -0.3 is 0 Å². The number of rotatable bonds is 2. The van der Waals surface area contributed by atoms with Crippen molar-refractivity contribution in [1.29, 1.82) is 0 Å². The number of halogens is 3. The third kappa shape index (κ3) is 4.22. The summed E-state index contributed by atoms with van der Waals surface area (Å²) in [7, 11) is 0. The van der Waals surface area contributed by atoms with Gasteiger partial charge in [0.1, 0.15) is 0 Å². The molecule has 43 heavy (non-hydrogen) atoms. The van der Waals surface area contributed by atoms with Gasteiger partial charge in [-0.05, 0) is 87.1 Å².